The van der Waals surface area contributed by atoms with E-state index in [-0.39, 0.29) is 31.2 Å². The first kappa shape index (κ1) is 28.8. The quantitative estimate of drug-likeness (QED) is 0.391. The number of benzene rings is 1. The summed E-state index contributed by atoms with van der Waals surface area (Å²) in [5.74, 6) is -0.376. The highest BCUT2D eigenvalue weighted by molar-refractivity contribution is 5.79. The van der Waals surface area contributed by atoms with Crippen molar-refractivity contribution in [2.75, 3.05) is 53.6 Å². The molecule has 0 radical (unpaired) electrons. The minimum Gasteiger partial charge on any atom is -0.481 e. The van der Waals surface area contributed by atoms with Crippen LogP contribution in [0.15, 0.2) is 42.6 Å². The number of fused-ring (bicyclic) bond motifs is 1. The number of likely N-dealkylation sites (tertiary alicyclic amines) is 1. The number of rotatable bonds is 14. The zero-order valence-corrected chi connectivity index (χ0v) is 23.4. The van der Waals surface area contributed by atoms with E-state index in [1.165, 1.54) is 0 Å². The molecule has 0 saturated carbocycles. The zero-order valence-electron chi connectivity index (χ0n) is 23.4. The van der Waals surface area contributed by atoms with Crippen molar-refractivity contribution in [2.45, 2.75) is 51.0 Å². The number of carboxylic acids is 1. The summed E-state index contributed by atoms with van der Waals surface area (Å²) in [6, 6.07) is 11.2. The van der Waals surface area contributed by atoms with Crippen LogP contribution in [0.5, 0.6) is 11.5 Å². The second-order valence-corrected chi connectivity index (χ2v) is 10.8. The van der Waals surface area contributed by atoms with Crippen molar-refractivity contribution in [2.24, 2.45) is 5.92 Å². The molecule has 1 N–H and O–H groups in total. The highest BCUT2D eigenvalue weighted by Crippen LogP contribution is 2.43. The molecule has 9 nitrogen and oxygen atoms in total. The molecule has 0 unspecified atom stereocenters. The number of amides is 1. The molecule has 9 heteroatoms. The minimum absolute atomic E-state index is 0.0699. The molecule has 212 valence electrons. The summed E-state index contributed by atoms with van der Waals surface area (Å²) >= 11 is 0. The second-order valence-electron chi connectivity index (χ2n) is 10.8. The van der Waals surface area contributed by atoms with E-state index < -0.39 is 11.9 Å². The first-order valence-electron chi connectivity index (χ1n) is 14.1. The number of aliphatic carboxylic acids is 1. The Hall–Kier alpha value is -3.17. The summed E-state index contributed by atoms with van der Waals surface area (Å²) in [6.45, 7) is 5.35. The Labute approximate surface area is 231 Å². The predicted octanol–water partition coefficient (Wildman–Crippen LogP) is 3.49. The lowest BCUT2D eigenvalue weighted by atomic mass is 9.83. The molecule has 4 rings (SSSR count). The number of unbranched alkanes of at least 4 members (excludes halogenated alkanes) is 1. The molecule has 1 amide bonds. The number of carbonyl (C=O) groups is 2. The van der Waals surface area contributed by atoms with E-state index in [9.17, 15) is 14.7 Å². The van der Waals surface area contributed by atoms with Gasteiger partial charge >= 0.3 is 5.97 Å². The van der Waals surface area contributed by atoms with Crippen LogP contribution in [0.1, 0.15) is 49.8 Å². The third kappa shape index (κ3) is 7.48. The number of ether oxygens (including phenoxy) is 2. The van der Waals surface area contributed by atoms with Crippen LogP contribution >= 0.6 is 0 Å². The SMILES string of the molecule is CCCCN(CCCN(C)C)C(=O)CN1C[C@H](c2ccc3c(c2)OCO3)[C@@H](C(=O)O)[C@@H]1CCc1ccccn1. The highest BCUT2D eigenvalue weighted by atomic mass is 16.7. The summed E-state index contributed by atoms with van der Waals surface area (Å²) in [7, 11) is 4.08. The highest BCUT2D eigenvalue weighted by Gasteiger charge is 2.47. The minimum atomic E-state index is -0.840. The molecule has 1 aromatic heterocycles. The normalized spacial score (nSPS) is 20.5. The van der Waals surface area contributed by atoms with Gasteiger partial charge in [-0.05, 0) is 76.2 Å². The van der Waals surface area contributed by atoms with E-state index in [1.54, 1.807) is 6.20 Å². The van der Waals surface area contributed by atoms with Gasteiger partial charge in [-0.2, -0.15) is 0 Å². The molecule has 39 heavy (non-hydrogen) atoms. The predicted molar refractivity (Wildman–Crippen MR) is 149 cm³/mol. The lowest BCUT2D eigenvalue weighted by Gasteiger charge is -2.30. The van der Waals surface area contributed by atoms with Crippen LogP contribution < -0.4 is 9.47 Å². The first-order valence-corrected chi connectivity index (χ1v) is 14.1. The number of nitrogens with zero attached hydrogens (tertiary/aromatic N) is 4. The summed E-state index contributed by atoms with van der Waals surface area (Å²) in [5, 5.41) is 10.5. The number of aryl methyl sites for hydroxylation is 1. The number of pyridine rings is 1. The lowest BCUT2D eigenvalue weighted by Crippen LogP contribution is -2.45. The van der Waals surface area contributed by atoms with Crippen molar-refractivity contribution < 1.29 is 24.2 Å². The topological polar surface area (TPSA) is 95.4 Å². The molecule has 3 heterocycles. The largest absolute Gasteiger partial charge is 0.481 e. The molecule has 1 aromatic carbocycles. The van der Waals surface area contributed by atoms with Crippen LogP contribution in [0.2, 0.25) is 0 Å². The van der Waals surface area contributed by atoms with Gasteiger partial charge in [0.25, 0.3) is 0 Å². The Balaban J connectivity index is 1.56. The lowest BCUT2D eigenvalue weighted by molar-refractivity contribution is -0.143. The molecule has 0 spiro atoms. The van der Waals surface area contributed by atoms with Crippen LogP contribution in [-0.2, 0) is 16.0 Å². The van der Waals surface area contributed by atoms with E-state index in [0.29, 0.717) is 37.4 Å². The van der Waals surface area contributed by atoms with Gasteiger partial charge in [0.05, 0.1) is 12.5 Å². The third-order valence-electron chi connectivity index (χ3n) is 7.79. The molecule has 0 aliphatic carbocycles. The summed E-state index contributed by atoms with van der Waals surface area (Å²) < 4.78 is 11.1. The zero-order chi connectivity index (χ0) is 27.8. The van der Waals surface area contributed by atoms with E-state index in [0.717, 1.165) is 43.6 Å². The fourth-order valence-corrected chi connectivity index (χ4v) is 5.74. The van der Waals surface area contributed by atoms with Gasteiger partial charge in [-0.25, -0.2) is 0 Å². The van der Waals surface area contributed by atoms with E-state index >= 15 is 0 Å². The van der Waals surface area contributed by atoms with Gasteiger partial charge in [0, 0.05) is 43.5 Å². The number of carboxylic acid groups (broad SMARTS) is 1. The number of hydrogen-bond acceptors (Lipinski definition) is 7. The van der Waals surface area contributed by atoms with Crippen molar-refractivity contribution in [1.29, 1.82) is 0 Å². The smallest absolute Gasteiger partial charge is 0.308 e. The molecule has 1 fully saturated rings. The van der Waals surface area contributed by atoms with Gasteiger partial charge in [-0.1, -0.05) is 25.5 Å². The molecule has 2 aliphatic heterocycles. The Bertz CT molecular complexity index is 1100. The fourth-order valence-electron chi connectivity index (χ4n) is 5.74. The molecule has 1 saturated heterocycles. The van der Waals surface area contributed by atoms with E-state index in [2.05, 4.69) is 21.7 Å². The van der Waals surface area contributed by atoms with Crippen molar-refractivity contribution >= 4 is 11.9 Å². The van der Waals surface area contributed by atoms with Crippen molar-refractivity contribution in [3.63, 3.8) is 0 Å². The molecule has 2 aromatic rings. The Morgan fingerprint density at radius 1 is 1.08 bits per heavy atom. The van der Waals surface area contributed by atoms with Crippen molar-refractivity contribution in [1.82, 2.24) is 19.7 Å². The Morgan fingerprint density at radius 3 is 2.59 bits per heavy atom. The van der Waals surface area contributed by atoms with Gasteiger partial charge in [-0.15, -0.1) is 0 Å². The monoisotopic (exact) mass is 538 g/mol. The first-order chi connectivity index (χ1) is 18.9. The fraction of sp³-hybridized carbons (Fsp3) is 0.567. The summed E-state index contributed by atoms with van der Waals surface area (Å²) in [5.41, 5.74) is 1.82. The maximum Gasteiger partial charge on any atom is 0.308 e. The number of hydrogen-bond donors (Lipinski definition) is 1. The van der Waals surface area contributed by atoms with Crippen LogP contribution in [0.25, 0.3) is 0 Å². The van der Waals surface area contributed by atoms with E-state index in [4.69, 9.17) is 9.47 Å². The average molecular weight is 539 g/mol. The third-order valence-corrected chi connectivity index (χ3v) is 7.79. The maximum absolute atomic E-state index is 13.6. The van der Waals surface area contributed by atoms with E-state index in [1.807, 2.05) is 55.4 Å². The standard InChI is InChI=1S/C30H42N4O5/c1-4-5-16-33(17-8-15-32(2)3)28(35)20-34-19-24(22-10-13-26-27(18-22)39-21-38-26)29(30(36)37)25(34)12-11-23-9-6-7-14-31-23/h6-7,9-10,13-14,18,24-25,29H,4-5,8,11-12,15-17,19-21H2,1-3H3,(H,36,37)/t24-,25+,29-/m1/s1. The maximum atomic E-state index is 13.6. The number of aromatic nitrogens is 1. The molecule has 0 bridgehead atoms. The van der Waals surface area contributed by atoms with Crippen LogP contribution in [0, 0.1) is 5.92 Å². The average Bonchev–Trinajstić information content (AvgIpc) is 3.54. The van der Waals surface area contributed by atoms with Crippen LogP contribution in [-0.4, -0.2) is 96.3 Å². The molecular formula is C30H42N4O5. The van der Waals surface area contributed by atoms with Gasteiger partial charge in [0.1, 0.15) is 0 Å². The van der Waals surface area contributed by atoms with Crippen LogP contribution in [0.3, 0.4) is 0 Å². The molecule has 3 atom stereocenters. The van der Waals surface area contributed by atoms with Gasteiger partial charge < -0.3 is 24.4 Å². The van der Waals surface area contributed by atoms with Crippen LogP contribution in [0.4, 0.5) is 0 Å². The molecule has 2 aliphatic rings. The Kier molecular flexibility index (Phi) is 10.2. The van der Waals surface area contributed by atoms with Gasteiger partial charge in [-0.3, -0.25) is 19.5 Å². The molecular weight excluding hydrogens is 496 g/mol. The van der Waals surface area contributed by atoms with Crippen molar-refractivity contribution in [3.05, 3.63) is 53.9 Å². The summed E-state index contributed by atoms with van der Waals surface area (Å²) in [4.78, 5) is 37.0. The Morgan fingerprint density at radius 2 is 1.87 bits per heavy atom. The summed E-state index contributed by atoms with van der Waals surface area (Å²) in [6.07, 6.45) is 5.89. The van der Waals surface area contributed by atoms with Gasteiger partial charge in [0.15, 0.2) is 11.5 Å². The van der Waals surface area contributed by atoms with Crippen molar-refractivity contribution in [3.8, 4) is 11.5 Å². The second kappa shape index (κ2) is 13.8. The van der Waals surface area contributed by atoms with Gasteiger partial charge in [0.2, 0.25) is 12.7 Å². The number of carbonyl (C=O) groups excluding carboxylic acids is 1.